The van der Waals surface area contributed by atoms with Crippen LogP contribution >= 0.6 is 19.5 Å². The lowest BCUT2D eigenvalue weighted by Gasteiger charge is -2.23. The molecule has 1 aromatic carbocycles. The second kappa shape index (κ2) is 13.0. The van der Waals surface area contributed by atoms with Crippen LogP contribution in [0.4, 0.5) is 5.95 Å². The smallest absolute Gasteiger partial charge is 0.395 e. The molecule has 1 unspecified atom stereocenters. The van der Waals surface area contributed by atoms with E-state index in [-0.39, 0.29) is 60.8 Å². The Morgan fingerprint density at radius 3 is 2.78 bits per heavy atom. The number of rotatable bonds is 13. The number of hydrogen-bond acceptors (Lipinski definition) is 11. The molecule has 4 rings (SSSR count). The van der Waals surface area contributed by atoms with Gasteiger partial charge in [-0.25, -0.2) is 14.6 Å². The van der Waals surface area contributed by atoms with E-state index in [0.29, 0.717) is 5.57 Å². The fourth-order valence-corrected chi connectivity index (χ4v) is 6.62. The van der Waals surface area contributed by atoms with E-state index in [1.54, 1.807) is 18.4 Å². The zero-order valence-corrected chi connectivity index (χ0v) is 24.6. The Morgan fingerprint density at radius 2 is 2.07 bits per heavy atom. The van der Waals surface area contributed by atoms with E-state index < -0.39 is 36.8 Å². The van der Waals surface area contributed by atoms with Gasteiger partial charge >= 0.3 is 7.75 Å². The van der Waals surface area contributed by atoms with E-state index in [9.17, 15) is 24.4 Å². The number of nitrogens with one attached hydrogen (secondary N) is 2. The van der Waals surface area contributed by atoms with Crippen LogP contribution in [0.2, 0.25) is 0 Å². The fourth-order valence-electron chi connectivity index (χ4n) is 4.36. The number of nitrogens with zero attached hydrogens (tertiary/aromatic N) is 3. The van der Waals surface area contributed by atoms with Gasteiger partial charge in [0.05, 0.1) is 43.7 Å². The first kappa shape index (κ1) is 31.1. The SMILES string of the molecule is C=C1[C@H](COP(=O)(NCc2ccccc2)OCCSC(=O)C(C)(C)CO)[C@@H](O)C[C@@H]1n1cnc2c(=O)[nH]c(N)nc21. The monoisotopic (exact) mass is 606 g/mol. The zero-order chi connectivity index (χ0) is 29.8. The number of aromatic nitrogens is 4. The van der Waals surface area contributed by atoms with Gasteiger partial charge in [-0.2, -0.15) is 4.98 Å². The van der Waals surface area contributed by atoms with Crippen molar-refractivity contribution < 1.29 is 28.6 Å². The Balaban J connectivity index is 1.44. The quantitative estimate of drug-likeness (QED) is 0.108. The molecule has 15 heteroatoms. The van der Waals surface area contributed by atoms with Gasteiger partial charge in [-0.05, 0) is 31.4 Å². The van der Waals surface area contributed by atoms with Crippen molar-refractivity contribution in [2.75, 3.05) is 31.3 Å². The summed E-state index contributed by atoms with van der Waals surface area (Å²) in [6, 6.07) is 8.83. The maximum absolute atomic E-state index is 13.7. The van der Waals surface area contributed by atoms with Gasteiger partial charge in [-0.15, -0.1) is 0 Å². The van der Waals surface area contributed by atoms with E-state index in [2.05, 4.69) is 26.6 Å². The lowest BCUT2D eigenvalue weighted by Crippen LogP contribution is -2.26. The number of H-pyrrole nitrogens is 1. The summed E-state index contributed by atoms with van der Waals surface area (Å²) in [6.45, 7) is 7.11. The summed E-state index contributed by atoms with van der Waals surface area (Å²) in [5.41, 5.74) is 6.16. The van der Waals surface area contributed by atoms with Gasteiger partial charge in [0.25, 0.3) is 5.56 Å². The third kappa shape index (κ3) is 7.33. The number of fused-ring (bicyclic) bond motifs is 1. The molecule has 0 bridgehead atoms. The molecule has 41 heavy (non-hydrogen) atoms. The molecule has 0 amide bonds. The predicted molar refractivity (Wildman–Crippen MR) is 156 cm³/mol. The lowest BCUT2D eigenvalue weighted by molar-refractivity contribution is -0.119. The molecule has 1 saturated carbocycles. The maximum atomic E-state index is 13.7. The van der Waals surface area contributed by atoms with Crippen molar-refractivity contribution in [3.63, 3.8) is 0 Å². The Bertz CT molecular complexity index is 1490. The summed E-state index contributed by atoms with van der Waals surface area (Å²) in [6.07, 6.45) is 0.806. The number of carbonyl (C=O) groups excluding carboxylic acids is 1. The van der Waals surface area contributed by atoms with Gasteiger partial charge in [-0.1, -0.05) is 48.7 Å². The Labute approximate surface area is 241 Å². The molecule has 0 aliphatic heterocycles. The number of nitrogens with two attached hydrogens (primary N) is 1. The van der Waals surface area contributed by atoms with E-state index in [1.807, 2.05) is 30.3 Å². The largest absolute Gasteiger partial charge is 0.405 e. The van der Waals surface area contributed by atoms with Crippen molar-refractivity contribution >= 4 is 41.7 Å². The molecular formula is C26H35N6O7PS. The highest BCUT2D eigenvalue weighted by atomic mass is 32.2. The van der Waals surface area contributed by atoms with Gasteiger partial charge in [0, 0.05) is 18.2 Å². The van der Waals surface area contributed by atoms with E-state index >= 15 is 0 Å². The number of hydrogen-bond donors (Lipinski definition) is 5. The van der Waals surface area contributed by atoms with Crippen LogP contribution < -0.4 is 16.4 Å². The van der Waals surface area contributed by atoms with Crippen LogP contribution in [-0.4, -0.2) is 66.5 Å². The van der Waals surface area contributed by atoms with Gasteiger partial charge < -0.3 is 20.5 Å². The minimum absolute atomic E-state index is 0.0591. The molecule has 1 aliphatic rings. The second-order valence-electron chi connectivity index (χ2n) is 10.4. The third-order valence-electron chi connectivity index (χ3n) is 6.89. The summed E-state index contributed by atoms with van der Waals surface area (Å²) in [5, 5.41) is 22.9. The van der Waals surface area contributed by atoms with Crippen molar-refractivity contribution in [2.45, 2.75) is 39.0 Å². The number of benzene rings is 1. The van der Waals surface area contributed by atoms with E-state index in [0.717, 1.165) is 17.3 Å². The minimum atomic E-state index is -3.90. The summed E-state index contributed by atoms with van der Waals surface area (Å²) in [4.78, 5) is 35.2. The Morgan fingerprint density at radius 1 is 1.34 bits per heavy atom. The number of anilines is 1. The molecule has 13 nitrogen and oxygen atoms in total. The Kier molecular flexibility index (Phi) is 9.85. The van der Waals surface area contributed by atoms with Crippen LogP contribution in [0.25, 0.3) is 11.2 Å². The number of aromatic amines is 1. The van der Waals surface area contributed by atoms with Gasteiger partial charge in [0.2, 0.25) is 5.95 Å². The number of nitrogen functional groups attached to an aromatic ring is 1. The standard InChI is InChI=1S/C26H35N6O7PS/c1-16-18(20(34)11-19(16)32-15-28-21-22(32)30-25(27)31-23(21)35)13-39-40(37,29-12-17-7-5-4-6-8-17)38-9-10-41-24(36)26(2,3)14-33/h4-8,15,18-20,33-34H,1,9-14H2,2-3H3,(H,29,37)(H3,27,30,31,35)/t18-,19-,20-,40?/m0/s1. The van der Waals surface area contributed by atoms with E-state index in [1.165, 1.54) is 6.33 Å². The zero-order valence-electron chi connectivity index (χ0n) is 22.9. The first-order valence-electron chi connectivity index (χ1n) is 13.0. The highest BCUT2D eigenvalue weighted by Gasteiger charge is 2.40. The summed E-state index contributed by atoms with van der Waals surface area (Å²) in [5.74, 6) is -0.462. The van der Waals surface area contributed by atoms with Crippen molar-refractivity contribution in [1.29, 1.82) is 0 Å². The van der Waals surface area contributed by atoms with Crippen molar-refractivity contribution in [2.24, 2.45) is 11.3 Å². The van der Waals surface area contributed by atoms with Gasteiger partial charge in [0.1, 0.15) is 0 Å². The molecule has 0 radical (unpaired) electrons. The van der Waals surface area contributed by atoms with Crippen LogP contribution in [-0.2, 0) is 25.0 Å². The molecule has 4 atom stereocenters. The molecule has 1 fully saturated rings. The number of aliphatic hydroxyl groups is 2. The molecule has 2 heterocycles. The molecule has 0 saturated heterocycles. The first-order chi connectivity index (χ1) is 19.4. The summed E-state index contributed by atoms with van der Waals surface area (Å²) >= 11 is 0.978. The minimum Gasteiger partial charge on any atom is -0.395 e. The lowest BCUT2D eigenvalue weighted by atomic mass is 9.97. The van der Waals surface area contributed by atoms with Crippen LogP contribution in [0.1, 0.15) is 31.9 Å². The molecule has 1 aliphatic carbocycles. The third-order valence-corrected chi connectivity index (χ3v) is 9.63. The number of carbonyl (C=O) groups is 1. The summed E-state index contributed by atoms with van der Waals surface area (Å²) in [7, 11) is -3.90. The Hall–Kier alpha value is -2.84. The van der Waals surface area contributed by atoms with Crippen molar-refractivity contribution in [1.82, 2.24) is 24.6 Å². The fraction of sp³-hybridized carbons (Fsp3) is 0.462. The first-order valence-corrected chi connectivity index (χ1v) is 15.5. The second-order valence-corrected chi connectivity index (χ2v) is 13.3. The molecule has 0 spiro atoms. The highest BCUT2D eigenvalue weighted by Crippen LogP contribution is 2.48. The number of aliphatic hydroxyl groups excluding tert-OH is 2. The van der Waals surface area contributed by atoms with Gasteiger partial charge in [-0.3, -0.25) is 23.6 Å². The highest BCUT2D eigenvalue weighted by molar-refractivity contribution is 8.13. The molecule has 2 aromatic heterocycles. The molecule has 3 aromatic rings. The molecule has 222 valence electrons. The van der Waals surface area contributed by atoms with Crippen LogP contribution in [0.15, 0.2) is 53.6 Å². The van der Waals surface area contributed by atoms with Crippen molar-refractivity contribution in [3.8, 4) is 0 Å². The number of imidazole rings is 1. The van der Waals surface area contributed by atoms with Gasteiger partial charge in [0.15, 0.2) is 16.3 Å². The molecule has 6 N–H and O–H groups in total. The maximum Gasteiger partial charge on any atom is 0.405 e. The predicted octanol–water partition coefficient (Wildman–Crippen LogP) is 2.39. The van der Waals surface area contributed by atoms with Crippen LogP contribution in [0.3, 0.4) is 0 Å². The normalized spacial score (nSPS) is 20.9. The van der Waals surface area contributed by atoms with Crippen molar-refractivity contribution in [3.05, 3.63) is 64.7 Å². The van der Waals surface area contributed by atoms with Crippen LogP contribution in [0.5, 0.6) is 0 Å². The average Bonchev–Trinajstić information content (AvgIpc) is 3.49. The average molecular weight is 607 g/mol. The topological polar surface area (TPSA) is 195 Å². The van der Waals surface area contributed by atoms with Crippen LogP contribution in [0, 0.1) is 11.3 Å². The number of thioether (sulfide) groups is 1. The molecular weight excluding hydrogens is 571 g/mol. The van der Waals surface area contributed by atoms with E-state index in [4.69, 9.17) is 14.8 Å². The summed E-state index contributed by atoms with van der Waals surface area (Å²) < 4.78 is 26.8.